The third-order valence-corrected chi connectivity index (χ3v) is 7.60. The molecule has 0 aromatic carbocycles. The number of amides is 1. The van der Waals surface area contributed by atoms with E-state index in [9.17, 15) is 13.2 Å². The van der Waals surface area contributed by atoms with Gasteiger partial charge in [-0.1, -0.05) is 16.8 Å². The Hall–Kier alpha value is -1.49. The zero-order valence-electron chi connectivity index (χ0n) is 14.4. The van der Waals surface area contributed by atoms with Crippen molar-refractivity contribution in [2.45, 2.75) is 43.0 Å². The number of aromatic nitrogens is 3. The van der Waals surface area contributed by atoms with Gasteiger partial charge in [-0.2, -0.15) is 4.31 Å². The van der Waals surface area contributed by atoms with Crippen LogP contribution >= 0.6 is 22.9 Å². The SMILES string of the molecule is CC(C)NC(=O)c1cn([C@@H]2CCCN(S(=O)(=O)c3ccc(Cl)s3)C2)nn1. The molecule has 0 bridgehead atoms. The predicted molar refractivity (Wildman–Crippen MR) is 99.0 cm³/mol. The second-order valence-corrected chi connectivity index (χ2v) is 10.3. The van der Waals surface area contributed by atoms with E-state index in [-0.39, 0.29) is 34.4 Å². The lowest BCUT2D eigenvalue weighted by Crippen LogP contribution is -2.40. The lowest BCUT2D eigenvalue weighted by Gasteiger charge is -2.31. The van der Waals surface area contributed by atoms with Crippen molar-refractivity contribution < 1.29 is 13.2 Å². The van der Waals surface area contributed by atoms with Crippen LogP contribution in [0.4, 0.5) is 0 Å². The van der Waals surface area contributed by atoms with Crippen LogP contribution in [-0.4, -0.2) is 52.8 Å². The highest BCUT2D eigenvalue weighted by atomic mass is 35.5. The van der Waals surface area contributed by atoms with E-state index in [1.54, 1.807) is 16.9 Å². The van der Waals surface area contributed by atoms with Gasteiger partial charge in [0, 0.05) is 19.1 Å². The Balaban J connectivity index is 1.75. The average Bonchev–Trinajstić information content (AvgIpc) is 3.24. The van der Waals surface area contributed by atoms with Crippen LogP contribution in [0.3, 0.4) is 0 Å². The summed E-state index contributed by atoms with van der Waals surface area (Å²) in [4.78, 5) is 12.0. The van der Waals surface area contributed by atoms with Crippen LogP contribution in [0.2, 0.25) is 4.34 Å². The summed E-state index contributed by atoms with van der Waals surface area (Å²) >= 11 is 6.92. The fourth-order valence-corrected chi connectivity index (χ4v) is 5.97. The van der Waals surface area contributed by atoms with Gasteiger partial charge in [0.25, 0.3) is 15.9 Å². The normalized spacial score (nSPS) is 19.0. The van der Waals surface area contributed by atoms with E-state index in [0.29, 0.717) is 17.3 Å². The summed E-state index contributed by atoms with van der Waals surface area (Å²) < 4.78 is 29.3. The van der Waals surface area contributed by atoms with Gasteiger partial charge in [-0.15, -0.1) is 16.4 Å². The van der Waals surface area contributed by atoms with Crippen molar-refractivity contribution in [1.82, 2.24) is 24.6 Å². The van der Waals surface area contributed by atoms with Crippen LogP contribution in [0, 0.1) is 0 Å². The van der Waals surface area contributed by atoms with Gasteiger partial charge in [0.1, 0.15) is 4.21 Å². The number of piperidine rings is 1. The minimum atomic E-state index is -3.58. The van der Waals surface area contributed by atoms with Crippen molar-refractivity contribution in [3.8, 4) is 0 Å². The molecule has 2 aromatic rings. The maximum Gasteiger partial charge on any atom is 0.273 e. The van der Waals surface area contributed by atoms with Crippen molar-refractivity contribution in [1.29, 1.82) is 0 Å². The summed E-state index contributed by atoms with van der Waals surface area (Å²) in [7, 11) is -3.58. The summed E-state index contributed by atoms with van der Waals surface area (Å²) in [5.74, 6) is -0.292. The number of halogens is 1. The third-order valence-electron chi connectivity index (χ3n) is 4.04. The van der Waals surface area contributed by atoms with Gasteiger partial charge in [-0.3, -0.25) is 4.79 Å². The monoisotopic (exact) mass is 417 g/mol. The number of thiophene rings is 1. The van der Waals surface area contributed by atoms with E-state index in [1.165, 1.54) is 10.4 Å². The average molecular weight is 418 g/mol. The molecule has 0 spiro atoms. The molecule has 142 valence electrons. The Bertz CT molecular complexity index is 893. The predicted octanol–water partition coefficient (Wildman–Crippen LogP) is 2.16. The van der Waals surface area contributed by atoms with Gasteiger partial charge in [0.05, 0.1) is 16.6 Å². The van der Waals surface area contributed by atoms with Crippen molar-refractivity contribution in [2.75, 3.05) is 13.1 Å². The number of hydrogen-bond donors (Lipinski definition) is 1. The van der Waals surface area contributed by atoms with Gasteiger partial charge in [0.15, 0.2) is 5.69 Å². The maximum atomic E-state index is 12.8. The van der Waals surface area contributed by atoms with Gasteiger partial charge in [0.2, 0.25) is 0 Å². The first-order valence-electron chi connectivity index (χ1n) is 8.25. The molecule has 1 N–H and O–H groups in total. The second kappa shape index (κ2) is 7.63. The van der Waals surface area contributed by atoms with E-state index in [4.69, 9.17) is 11.6 Å². The molecule has 3 heterocycles. The number of sulfonamides is 1. The van der Waals surface area contributed by atoms with Gasteiger partial charge >= 0.3 is 0 Å². The minimum absolute atomic E-state index is 0.000542. The first kappa shape index (κ1) is 19.3. The van der Waals surface area contributed by atoms with E-state index >= 15 is 0 Å². The molecule has 0 saturated carbocycles. The zero-order valence-corrected chi connectivity index (χ0v) is 16.8. The molecule has 1 aliphatic rings. The quantitative estimate of drug-likeness (QED) is 0.803. The maximum absolute atomic E-state index is 12.8. The topological polar surface area (TPSA) is 97.2 Å². The van der Waals surface area contributed by atoms with Crippen LogP contribution in [0.25, 0.3) is 0 Å². The smallest absolute Gasteiger partial charge is 0.273 e. The molecule has 1 aliphatic heterocycles. The van der Waals surface area contributed by atoms with Crippen LogP contribution in [0.15, 0.2) is 22.5 Å². The molecule has 11 heteroatoms. The molecule has 1 saturated heterocycles. The first-order chi connectivity index (χ1) is 12.3. The van der Waals surface area contributed by atoms with Crippen molar-refractivity contribution in [3.63, 3.8) is 0 Å². The molecular weight excluding hydrogens is 398 g/mol. The molecular formula is C15H20ClN5O3S2. The highest BCUT2D eigenvalue weighted by Gasteiger charge is 2.32. The lowest BCUT2D eigenvalue weighted by molar-refractivity contribution is 0.0938. The number of hydrogen-bond acceptors (Lipinski definition) is 6. The molecule has 1 fully saturated rings. The van der Waals surface area contributed by atoms with Crippen LogP contribution in [-0.2, 0) is 10.0 Å². The highest BCUT2D eigenvalue weighted by Crippen LogP contribution is 2.31. The Morgan fingerprint density at radius 3 is 2.85 bits per heavy atom. The van der Waals surface area contributed by atoms with Crippen molar-refractivity contribution in [3.05, 3.63) is 28.4 Å². The molecule has 3 rings (SSSR count). The number of carbonyl (C=O) groups excluding carboxylic acids is 1. The Labute approximate surface area is 161 Å². The van der Waals surface area contributed by atoms with Crippen LogP contribution < -0.4 is 5.32 Å². The Kier molecular flexibility index (Phi) is 5.66. The summed E-state index contributed by atoms with van der Waals surface area (Å²) in [5.41, 5.74) is 0.226. The molecule has 1 atom stereocenters. The molecule has 1 amide bonds. The molecule has 0 unspecified atom stereocenters. The van der Waals surface area contributed by atoms with E-state index in [0.717, 1.165) is 17.8 Å². The summed E-state index contributed by atoms with van der Waals surface area (Å²) in [6, 6.07) is 2.94. The van der Waals surface area contributed by atoms with Crippen LogP contribution in [0.1, 0.15) is 43.2 Å². The summed E-state index contributed by atoms with van der Waals surface area (Å²) in [6.07, 6.45) is 3.04. The molecule has 26 heavy (non-hydrogen) atoms. The number of carbonyl (C=O) groups is 1. The molecule has 2 aromatic heterocycles. The number of nitrogens with one attached hydrogen (secondary N) is 1. The molecule has 0 radical (unpaired) electrons. The zero-order chi connectivity index (χ0) is 18.9. The molecule has 0 aliphatic carbocycles. The number of rotatable bonds is 5. The van der Waals surface area contributed by atoms with Crippen molar-refractivity contribution >= 4 is 38.9 Å². The summed E-state index contributed by atoms with van der Waals surface area (Å²) in [6.45, 7) is 4.46. The first-order valence-corrected chi connectivity index (χ1v) is 10.9. The Morgan fingerprint density at radius 1 is 1.42 bits per heavy atom. The molecule has 8 nitrogen and oxygen atoms in total. The Morgan fingerprint density at radius 2 is 2.19 bits per heavy atom. The van der Waals surface area contributed by atoms with Gasteiger partial charge < -0.3 is 5.32 Å². The summed E-state index contributed by atoms with van der Waals surface area (Å²) in [5, 5.41) is 10.7. The largest absolute Gasteiger partial charge is 0.348 e. The standard InChI is InChI=1S/C15H20ClN5O3S2/c1-10(2)17-15(22)12-9-21(19-18-12)11-4-3-7-20(8-11)26(23,24)14-6-5-13(16)25-14/h5-6,9-11H,3-4,7-8H2,1-2H3,(H,17,22)/t11-/m1/s1. The fourth-order valence-electron chi connectivity index (χ4n) is 2.81. The van der Waals surface area contributed by atoms with E-state index < -0.39 is 10.0 Å². The van der Waals surface area contributed by atoms with Crippen molar-refractivity contribution in [2.24, 2.45) is 0 Å². The van der Waals surface area contributed by atoms with Gasteiger partial charge in [-0.25, -0.2) is 13.1 Å². The third kappa shape index (κ3) is 4.08. The van der Waals surface area contributed by atoms with Crippen LogP contribution in [0.5, 0.6) is 0 Å². The van der Waals surface area contributed by atoms with Gasteiger partial charge in [-0.05, 0) is 38.8 Å². The second-order valence-electron chi connectivity index (χ2n) is 6.43. The minimum Gasteiger partial charge on any atom is -0.348 e. The number of nitrogens with zero attached hydrogens (tertiary/aromatic N) is 4. The lowest BCUT2D eigenvalue weighted by atomic mass is 10.1. The highest BCUT2D eigenvalue weighted by molar-refractivity contribution is 7.91. The van der Waals surface area contributed by atoms with E-state index in [1.807, 2.05) is 13.8 Å². The fraction of sp³-hybridized carbons (Fsp3) is 0.533. The van der Waals surface area contributed by atoms with E-state index in [2.05, 4.69) is 15.6 Å².